The van der Waals surface area contributed by atoms with Crippen LogP contribution in [0.3, 0.4) is 0 Å². The summed E-state index contributed by atoms with van der Waals surface area (Å²) in [7, 11) is 0. The van der Waals surface area contributed by atoms with Crippen molar-refractivity contribution in [3.05, 3.63) is 82.1 Å². The fourth-order valence-corrected chi connectivity index (χ4v) is 8.74. The lowest BCUT2D eigenvalue weighted by molar-refractivity contribution is -0.204. The first-order valence-corrected chi connectivity index (χ1v) is 22.3. The maximum Gasteiger partial charge on any atom is 0.193 e. The van der Waals surface area contributed by atoms with Gasteiger partial charge in [0.1, 0.15) is 0 Å². The first kappa shape index (κ1) is 41.7. The second-order valence-electron chi connectivity index (χ2n) is 14.8. The Kier molecular flexibility index (Phi) is 18.5. The molecule has 4 aromatic rings. The summed E-state index contributed by atoms with van der Waals surface area (Å²) in [6.45, 7) is 12.2. The Balaban J connectivity index is 0.000000204. The number of nitrogens with zero attached hydrogens (tertiary/aromatic N) is 2. The molecule has 4 aromatic heterocycles. The number of pyridine rings is 2. The maximum absolute atomic E-state index is 6.00. The third kappa shape index (κ3) is 13.7. The number of ether oxygens (including phenoxy) is 4. The molecule has 6 nitrogen and oxygen atoms in total. The summed E-state index contributed by atoms with van der Waals surface area (Å²) in [5.74, 6) is 1.10. The number of aromatic nitrogens is 2. The average Bonchev–Trinajstić information content (AvgIpc) is 3.91. The third-order valence-electron chi connectivity index (χ3n) is 10.1. The van der Waals surface area contributed by atoms with Crippen molar-refractivity contribution in [2.24, 2.45) is 11.8 Å². The smallest absolute Gasteiger partial charge is 0.193 e. The van der Waals surface area contributed by atoms with Crippen LogP contribution in [0.25, 0.3) is 20.9 Å². The summed E-state index contributed by atoms with van der Waals surface area (Å²) in [6.07, 6.45) is 22.0. The molecule has 0 N–H and O–H groups in total. The largest absolute Gasteiger partial charge is 0.347 e. The van der Waals surface area contributed by atoms with Crippen molar-refractivity contribution in [3.63, 3.8) is 0 Å². The quantitative estimate of drug-likeness (QED) is 0.0887. The summed E-state index contributed by atoms with van der Waals surface area (Å²) in [6, 6.07) is 17.3. The maximum atomic E-state index is 6.00. The lowest BCUT2D eigenvalue weighted by atomic mass is 10.0. The highest BCUT2D eigenvalue weighted by molar-refractivity contribution is 7.15. The zero-order chi connectivity index (χ0) is 37.1. The molecular formula is C45H64N2O4S2. The van der Waals surface area contributed by atoms with Crippen LogP contribution in [0.4, 0.5) is 0 Å². The average molecular weight is 761 g/mol. The molecule has 2 aliphatic rings. The van der Waals surface area contributed by atoms with Gasteiger partial charge in [0.2, 0.25) is 0 Å². The van der Waals surface area contributed by atoms with Gasteiger partial charge in [-0.1, -0.05) is 97.6 Å². The van der Waals surface area contributed by atoms with E-state index in [1.54, 1.807) is 22.7 Å². The molecule has 2 saturated heterocycles. The Morgan fingerprint density at radius 2 is 0.906 bits per heavy atom. The monoisotopic (exact) mass is 760 g/mol. The topological polar surface area (TPSA) is 62.7 Å². The molecule has 0 saturated carbocycles. The van der Waals surface area contributed by atoms with E-state index in [0.717, 1.165) is 49.0 Å². The van der Waals surface area contributed by atoms with Gasteiger partial charge >= 0.3 is 0 Å². The van der Waals surface area contributed by atoms with Crippen LogP contribution >= 0.6 is 22.7 Å². The van der Waals surface area contributed by atoms with E-state index in [4.69, 9.17) is 18.9 Å². The zero-order valence-electron chi connectivity index (χ0n) is 32.9. The Morgan fingerprint density at radius 1 is 0.491 bits per heavy atom. The minimum Gasteiger partial charge on any atom is -0.347 e. The molecule has 6 rings (SSSR count). The number of thiophene rings is 2. The molecule has 0 bridgehead atoms. The molecule has 53 heavy (non-hydrogen) atoms. The Morgan fingerprint density at radius 3 is 1.30 bits per heavy atom. The normalized spacial score (nSPS) is 20.2. The molecule has 0 amide bonds. The van der Waals surface area contributed by atoms with Crippen molar-refractivity contribution in [3.8, 4) is 20.9 Å². The second-order valence-corrected chi connectivity index (χ2v) is 17.0. The van der Waals surface area contributed by atoms with E-state index in [2.05, 4.69) is 86.2 Å². The first-order valence-electron chi connectivity index (χ1n) is 20.7. The number of hydrogen-bond acceptors (Lipinski definition) is 8. The minimum atomic E-state index is -0.201. The van der Waals surface area contributed by atoms with Crippen molar-refractivity contribution in [2.45, 2.75) is 137 Å². The standard InChI is InChI=1S/C23H33NO2S.C22H31NO2S/c1-3-5-7-9-18-16-25-23(26-17-18)22-14-13-21(27-22)19-11-12-20(24-15-19)10-8-6-4-2;1-3-5-7-9-19-11-10-18(14-23-19)20-12-13-21(26-20)22-24-15-17(16-25-22)8-6-4-2/h11-15,18,23H,3-10,16-17H2,1-2H3;10-14,17,22H,3-9,15-16H2,1-2H3/t18-,23-;17-,22-. The fraction of sp³-hybridized carbons (Fsp3) is 0.600. The third-order valence-corrected chi connectivity index (χ3v) is 12.4. The van der Waals surface area contributed by atoms with Crippen molar-refractivity contribution >= 4 is 22.7 Å². The van der Waals surface area contributed by atoms with Gasteiger partial charge in [-0.05, 0) is 74.9 Å². The first-order chi connectivity index (χ1) is 26.1. The summed E-state index contributed by atoms with van der Waals surface area (Å²) in [5.41, 5.74) is 4.74. The number of rotatable bonds is 19. The van der Waals surface area contributed by atoms with Gasteiger partial charge in [0.25, 0.3) is 0 Å². The predicted molar refractivity (Wildman–Crippen MR) is 221 cm³/mol. The van der Waals surface area contributed by atoms with Gasteiger partial charge in [0.15, 0.2) is 12.6 Å². The van der Waals surface area contributed by atoms with E-state index in [1.165, 1.54) is 116 Å². The van der Waals surface area contributed by atoms with Crippen LogP contribution < -0.4 is 0 Å². The van der Waals surface area contributed by atoms with E-state index in [-0.39, 0.29) is 12.6 Å². The van der Waals surface area contributed by atoms with E-state index in [9.17, 15) is 0 Å². The van der Waals surface area contributed by atoms with Gasteiger partial charge in [-0.25, -0.2) is 0 Å². The fourth-order valence-electron chi connectivity index (χ4n) is 6.74. The van der Waals surface area contributed by atoms with Crippen LogP contribution in [0.5, 0.6) is 0 Å². The number of unbranched alkanes of at least 4 members (excludes halogenated alkanes) is 7. The Labute approximate surface area is 328 Å². The molecule has 2 aliphatic heterocycles. The molecule has 290 valence electrons. The highest BCUT2D eigenvalue weighted by Gasteiger charge is 2.26. The summed E-state index contributed by atoms with van der Waals surface area (Å²) in [4.78, 5) is 14.0. The van der Waals surface area contributed by atoms with Crippen LogP contribution in [0.1, 0.15) is 145 Å². The molecule has 6 heterocycles. The van der Waals surface area contributed by atoms with Crippen LogP contribution in [0.15, 0.2) is 60.9 Å². The van der Waals surface area contributed by atoms with Crippen LogP contribution in [0.2, 0.25) is 0 Å². The molecule has 0 aliphatic carbocycles. The summed E-state index contributed by atoms with van der Waals surface area (Å²) >= 11 is 3.50. The molecule has 0 radical (unpaired) electrons. The summed E-state index contributed by atoms with van der Waals surface area (Å²) in [5, 5.41) is 0. The van der Waals surface area contributed by atoms with Crippen molar-refractivity contribution in [1.29, 1.82) is 0 Å². The highest BCUT2D eigenvalue weighted by atomic mass is 32.1. The van der Waals surface area contributed by atoms with Gasteiger partial charge in [0, 0.05) is 56.5 Å². The van der Waals surface area contributed by atoms with E-state index >= 15 is 0 Å². The van der Waals surface area contributed by atoms with Gasteiger partial charge in [0.05, 0.1) is 36.2 Å². The van der Waals surface area contributed by atoms with Crippen LogP contribution in [-0.2, 0) is 31.8 Å². The molecule has 0 atom stereocenters. The van der Waals surface area contributed by atoms with Gasteiger partial charge < -0.3 is 18.9 Å². The zero-order valence-corrected chi connectivity index (χ0v) is 34.5. The number of hydrogen-bond donors (Lipinski definition) is 0. The van der Waals surface area contributed by atoms with Gasteiger partial charge in [-0.3, -0.25) is 9.97 Å². The lowest BCUT2D eigenvalue weighted by Crippen LogP contribution is -2.26. The molecular weight excluding hydrogens is 697 g/mol. The Bertz CT molecular complexity index is 1540. The van der Waals surface area contributed by atoms with Crippen molar-refractivity contribution in [2.75, 3.05) is 26.4 Å². The van der Waals surface area contributed by atoms with E-state index < -0.39 is 0 Å². The van der Waals surface area contributed by atoms with Crippen molar-refractivity contribution < 1.29 is 18.9 Å². The van der Waals surface area contributed by atoms with Gasteiger partial charge in [-0.2, -0.15) is 0 Å². The van der Waals surface area contributed by atoms with Crippen LogP contribution in [0, 0.1) is 11.8 Å². The molecule has 2 fully saturated rings. The summed E-state index contributed by atoms with van der Waals surface area (Å²) < 4.78 is 23.9. The van der Waals surface area contributed by atoms with Crippen LogP contribution in [-0.4, -0.2) is 36.4 Å². The predicted octanol–water partition coefficient (Wildman–Crippen LogP) is 13.2. The SMILES string of the molecule is CCCCCc1ccc(-c2ccc([C@H]3OC[C@H](CCCC)CO3)s2)cn1.CCCCCc1ccc(-c2ccc([C@H]3OC[C@H](CCCCC)CO3)s2)cn1. The minimum absolute atomic E-state index is 0.201. The van der Waals surface area contributed by atoms with Crippen molar-refractivity contribution in [1.82, 2.24) is 9.97 Å². The second kappa shape index (κ2) is 23.5. The number of aryl methyl sites for hydroxylation is 2. The highest BCUT2D eigenvalue weighted by Crippen LogP contribution is 2.37. The van der Waals surface area contributed by atoms with Gasteiger partial charge in [-0.15, -0.1) is 22.7 Å². The lowest BCUT2D eigenvalue weighted by Gasteiger charge is -2.28. The molecule has 0 unspecified atom stereocenters. The van der Waals surface area contributed by atoms with E-state index in [0.29, 0.717) is 11.8 Å². The Hall–Kier alpha value is -2.46. The molecule has 0 spiro atoms. The van der Waals surface area contributed by atoms with E-state index in [1.807, 2.05) is 12.4 Å². The molecule has 0 aromatic carbocycles. The molecule has 8 heteroatoms.